The standard InChI is InChI=1S/C14H21NO2S/c1-10(2)15-13(14(16)17)9-18-8-12-7-5-4-6-11(12)3/h4-7,10,13,15H,8-9H2,1-3H3,(H,16,17). The second-order valence-electron chi connectivity index (χ2n) is 4.65. The Morgan fingerprint density at radius 3 is 2.61 bits per heavy atom. The molecule has 4 heteroatoms. The van der Waals surface area contributed by atoms with Gasteiger partial charge in [0.2, 0.25) is 0 Å². The molecule has 0 aliphatic carbocycles. The van der Waals surface area contributed by atoms with E-state index in [4.69, 9.17) is 5.11 Å². The van der Waals surface area contributed by atoms with Crippen LogP contribution in [0.1, 0.15) is 25.0 Å². The third-order valence-electron chi connectivity index (χ3n) is 2.64. The predicted octanol–water partition coefficient (Wildman–Crippen LogP) is 2.68. The summed E-state index contributed by atoms with van der Waals surface area (Å²) < 4.78 is 0. The van der Waals surface area contributed by atoms with Crippen LogP contribution in [0.3, 0.4) is 0 Å². The number of carboxylic acid groups (broad SMARTS) is 1. The molecule has 100 valence electrons. The molecule has 0 aliphatic heterocycles. The predicted molar refractivity (Wildman–Crippen MR) is 77.0 cm³/mol. The summed E-state index contributed by atoms with van der Waals surface area (Å²) in [5.74, 6) is 0.666. The maximum Gasteiger partial charge on any atom is 0.321 e. The Hall–Kier alpha value is -1.00. The Bertz CT molecular complexity index is 393. The molecule has 1 aromatic carbocycles. The van der Waals surface area contributed by atoms with Crippen molar-refractivity contribution >= 4 is 17.7 Å². The average molecular weight is 267 g/mol. The van der Waals surface area contributed by atoms with Crippen molar-refractivity contribution in [3.05, 3.63) is 35.4 Å². The van der Waals surface area contributed by atoms with Crippen LogP contribution in [0.15, 0.2) is 24.3 Å². The van der Waals surface area contributed by atoms with Crippen LogP contribution in [0, 0.1) is 6.92 Å². The molecular formula is C14H21NO2S. The highest BCUT2D eigenvalue weighted by molar-refractivity contribution is 7.98. The lowest BCUT2D eigenvalue weighted by atomic mass is 10.1. The van der Waals surface area contributed by atoms with Gasteiger partial charge in [0.05, 0.1) is 0 Å². The van der Waals surface area contributed by atoms with E-state index in [1.165, 1.54) is 11.1 Å². The second-order valence-corrected chi connectivity index (χ2v) is 5.68. The highest BCUT2D eigenvalue weighted by Crippen LogP contribution is 2.16. The lowest BCUT2D eigenvalue weighted by molar-refractivity contribution is -0.139. The van der Waals surface area contributed by atoms with Crippen LogP contribution >= 0.6 is 11.8 Å². The molecule has 1 unspecified atom stereocenters. The van der Waals surface area contributed by atoms with Gasteiger partial charge in [0.25, 0.3) is 0 Å². The van der Waals surface area contributed by atoms with Gasteiger partial charge in [-0.2, -0.15) is 11.8 Å². The molecule has 3 nitrogen and oxygen atoms in total. The molecule has 0 radical (unpaired) electrons. The van der Waals surface area contributed by atoms with Gasteiger partial charge in [-0.05, 0) is 18.1 Å². The zero-order valence-electron chi connectivity index (χ0n) is 11.1. The molecule has 0 heterocycles. The van der Waals surface area contributed by atoms with Gasteiger partial charge in [-0.25, -0.2) is 0 Å². The van der Waals surface area contributed by atoms with Gasteiger partial charge >= 0.3 is 5.97 Å². The van der Waals surface area contributed by atoms with Crippen molar-refractivity contribution in [2.75, 3.05) is 5.75 Å². The maximum atomic E-state index is 11.1. The van der Waals surface area contributed by atoms with E-state index < -0.39 is 12.0 Å². The smallest absolute Gasteiger partial charge is 0.321 e. The summed E-state index contributed by atoms with van der Waals surface area (Å²) in [6.45, 7) is 6.00. The Labute approximate surface area is 113 Å². The minimum absolute atomic E-state index is 0.185. The van der Waals surface area contributed by atoms with Crippen LogP contribution in [0.4, 0.5) is 0 Å². The molecule has 18 heavy (non-hydrogen) atoms. The van der Waals surface area contributed by atoms with E-state index >= 15 is 0 Å². The van der Waals surface area contributed by atoms with Crippen molar-refractivity contribution in [2.45, 2.75) is 38.6 Å². The number of hydrogen-bond donors (Lipinski definition) is 2. The monoisotopic (exact) mass is 267 g/mol. The van der Waals surface area contributed by atoms with Gasteiger partial charge in [-0.15, -0.1) is 0 Å². The molecule has 0 spiro atoms. The average Bonchev–Trinajstić information content (AvgIpc) is 2.29. The zero-order valence-corrected chi connectivity index (χ0v) is 12.0. The van der Waals surface area contributed by atoms with Gasteiger partial charge in [-0.3, -0.25) is 4.79 Å². The van der Waals surface area contributed by atoms with E-state index in [-0.39, 0.29) is 6.04 Å². The molecule has 0 saturated carbocycles. The molecular weight excluding hydrogens is 246 g/mol. The van der Waals surface area contributed by atoms with E-state index in [1.54, 1.807) is 11.8 Å². The molecule has 1 rings (SSSR count). The van der Waals surface area contributed by atoms with Gasteiger partial charge in [0, 0.05) is 17.5 Å². The fourth-order valence-electron chi connectivity index (χ4n) is 1.65. The number of nitrogens with one attached hydrogen (secondary N) is 1. The van der Waals surface area contributed by atoms with Crippen molar-refractivity contribution in [2.24, 2.45) is 0 Å². The molecule has 0 amide bonds. The first-order valence-corrected chi connectivity index (χ1v) is 7.27. The summed E-state index contributed by atoms with van der Waals surface area (Å²) in [5.41, 5.74) is 2.53. The Morgan fingerprint density at radius 1 is 1.39 bits per heavy atom. The lowest BCUT2D eigenvalue weighted by Crippen LogP contribution is -2.42. The minimum atomic E-state index is -0.777. The van der Waals surface area contributed by atoms with Gasteiger partial charge in [0.1, 0.15) is 6.04 Å². The van der Waals surface area contributed by atoms with Crippen LogP contribution in [-0.4, -0.2) is 28.9 Å². The molecule has 0 fully saturated rings. The third-order valence-corrected chi connectivity index (χ3v) is 3.72. The van der Waals surface area contributed by atoms with E-state index in [0.717, 1.165) is 5.75 Å². The highest BCUT2D eigenvalue weighted by Gasteiger charge is 2.17. The number of hydrogen-bond acceptors (Lipinski definition) is 3. The minimum Gasteiger partial charge on any atom is -0.480 e. The van der Waals surface area contributed by atoms with Crippen LogP contribution < -0.4 is 5.32 Å². The zero-order chi connectivity index (χ0) is 13.5. The lowest BCUT2D eigenvalue weighted by Gasteiger charge is -2.17. The van der Waals surface area contributed by atoms with Crippen molar-refractivity contribution in [3.8, 4) is 0 Å². The van der Waals surface area contributed by atoms with E-state index in [9.17, 15) is 4.79 Å². The first kappa shape index (κ1) is 15.1. The van der Waals surface area contributed by atoms with Crippen molar-refractivity contribution < 1.29 is 9.90 Å². The largest absolute Gasteiger partial charge is 0.480 e. The first-order chi connectivity index (χ1) is 8.50. The van der Waals surface area contributed by atoms with Gasteiger partial charge in [-0.1, -0.05) is 38.1 Å². The fraction of sp³-hybridized carbons (Fsp3) is 0.500. The SMILES string of the molecule is Cc1ccccc1CSCC(NC(C)C)C(=O)O. The molecule has 0 aliphatic rings. The van der Waals surface area contributed by atoms with Crippen molar-refractivity contribution in [3.63, 3.8) is 0 Å². The van der Waals surface area contributed by atoms with Gasteiger partial charge in [0.15, 0.2) is 0 Å². The number of thioether (sulfide) groups is 1. The number of carbonyl (C=O) groups is 1. The quantitative estimate of drug-likeness (QED) is 0.797. The Kier molecular flexibility index (Phi) is 6.22. The number of aryl methyl sites for hydroxylation is 1. The third kappa shape index (κ3) is 5.10. The second kappa shape index (κ2) is 7.44. The molecule has 2 N–H and O–H groups in total. The normalized spacial score (nSPS) is 12.7. The molecule has 1 aromatic rings. The number of benzene rings is 1. The summed E-state index contributed by atoms with van der Waals surface area (Å²) in [6, 6.07) is 7.92. The topological polar surface area (TPSA) is 49.3 Å². The number of carboxylic acids is 1. The number of aliphatic carboxylic acids is 1. The van der Waals surface area contributed by atoms with Crippen LogP contribution in [0.2, 0.25) is 0 Å². The fourth-order valence-corrected chi connectivity index (χ4v) is 2.79. The van der Waals surface area contributed by atoms with Crippen molar-refractivity contribution in [1.82, 2.24) is 5.32 Å². The summed E-state index contributed by atoms with van der Waals surface area (Å²) >= 11 is 1.66. The van der Waals surface area contributed by atoms with Gasteiger partial charge < -0.3 is 10.4 Å². The molecule has 1 atom stereocenters. The summed E-state index contributed by atoms with van der Waals surface area (Å²) in [5, 5.41) is 12.2. The van der Waals surface area contributed by atoms with Crippen LogP contribution in [0.25, 0.3) is 0 Å². The maximum absolute atomic E-state index is 11.1. The van der Waals surface area contributed by atoms with E-state index in [1.807, 2.05) is 26.0 Å². The summed E-state index contributed by atoms with van der Waals surface area (Å²) in [7, 11) is 0. The highest BCUT2D eigenvalue weighted by atomic mass is 32.2. The summed E-state index contributed by atoms with van der Waals surface area (Å²) in [6.07, 6.45) is 0. The Balaban J connectivity index is 2.44. The number of rotatable bonds is 7. The molecule has 0 saturated heterocycles. The summed E-state index contributed by atoms with van der Waals surface area (Å²) in [4.78, 5) is 11.1. The molecule has 0 bridgehead atoms. The van der Waals surface area contributed by atoms with Crippen molar-refractivity contribution in [1.29, 1.82) is 0 Å². The Morgan fingerprint density at radius 2 is 2.06 bits per heavy atom. The molecule has 0 aromatic heterocycles. The van der Waals surface area contributed by atoms with E-state index in [2.05, 4.69) is 24.4 Å². The van der Waals surface area contributed by atoms with E-state index in [0.29, 0.717) is 5.75 Å². The van der Waals surface area contributed by atoms with Crippen LogP contribution in [0.5, 0.6) is 0 Å². The van der Waals surface area contributed by atoms with Crippen LogP contribution in [-0.2, 0) is 10.5 Å². The first-order valence-electron chi connectivity index (χ1n) is 6.11.